The largest absolute Gasteiger partial charge is 0.480 e. The molecular formula is C9H13N3O4. The van der Waals surface area contributed by atoms with Crippen LogP contribution in [-0.4, -0.2) is 52.0 Å². The summed E-state index contributed by atoms with van der Waals surface area (Å²) in [4.78, 5) is 12.7. The van der Waals surface area contributed by atoms with Gasteiger partial charge in [-0.05, 0) is 0 Å². The maximum atomic E-state index is 11.0. The minimum absolute atomic E-state index is 0.197. The van der Waals surface area contributed by atoms with Crippen LogP contribution in [0.5, 0.6) is 0 Å². The van der Waals surface area contributed by atoms with Crippen molar-refractivity contribution in [2.24, 2.45) is 0 Å². The molecule has 1 unspecified atom stereocenters. The Labute approximate surface area is 92.0 Å². The molecule has 0 radical (unpaired) electrons. The molecule has 0 bridgehead atoms. The highest BCUT2D eigenvalue weighted by Gasteiger charge is 2.30. The number of carbonyl (C=O) groups is 1. The number of aromatic nitrogens is 2. The number of hydrogen-bond donors (Lipinski definition) is 1. The third kappa shape index (κ3) is 2.37. The summed E-state index contributed by atoms with van der Waals surface area (Å²) in [5.74, 6) is 0.0247. The molecule has 16 heavy (non-hydrogen) atoms. The number of carboxylic acids is 1. The van der Waals surface area contributed by atoms with E-state index in [-0.39, 0.29) is 6.61 Å². The molecule has 1 atom stereocenters. The summed E-state index contributed by atoms with van der Waals surface area (Å²) in [7, 11) is 0. The Hall–Kier alpha value is -1.47. The van der Waals surface area contributed by atoms with Crippen LogP contribution in [0.25, 0.3) is 0 Å². The molecule has 0 aromatic carbocycles. The number of aliphatic carboxylic acids is 1. The van der Waals surface area contributed by atoms with Crippen LogP contribution in [0, 0.1) is 6.92 Å². The lowest BCUT2D eigenvalue weighted by molar-refractivity contribution is -0.150. The molecular weight excluding hydrogens is 214 g/mol. The first kappa shape index (κ1) is 11.0. The van der Waals surface area contributed by atoms with Gasteiger partial charge < -0.3 is 14.3 Å². The predicted octanol–water partition coefficient (Wildman–Crippen LogP) is -0.337. The summed E-state index contributed by atoms with van der Waals surface area (Å²) < 4.78 is 10.3. The molecule has 0 aliphatic carbocycles. The highest BCUT2D eigenvalue weighted by molar-refractivity contribution is 5.73. The van der Waals surface area contributed by atoms with Crippen LogP contribution in [0.1, 0.15) is 11.8 Å². The van der Waals surface area contributed by atoms with E-state index >= 15 is 0 Å². The van der Waals surface area contributed by atoms with E-state index < -0.39 is 12.0 Å². The van der Waals surface area contributed by atoms with Crippen molar-refractivity contribution in [1.82, 2.24) is 15.1 Å². The standard InChI is InChI=1S/C9H13N3O4/c1-6-10-11-8(16-6)4-12-2-3-15-5-7(12)9(13)14/h7H,2-5H2,1H3,(H,13,14). The summed E-state index contributed by atoms with van der Waals surface area (Å²) in [6, 6.07) is -0.638. The van der Waals surface area contributed by atoms with Crippen molar-refractivity contribution in [1.29, 1.82) is 0 Å². The second-order valence-electron chi connectivity index (χ2n) is 3.61. The average molecular weight is 227 g/mol. The molecule has 0 spiro atoms. The topological polar surface area (TPSA) is 88.7 Å². The van der Waals surface area contributed by atoms with E-state index in [1.54, 1.807) is 11.8 Å². The van der Waals surface area contributed by atoms with Gasteiger partial charge in [0.1, 0.15) is 6.04 Å². The number of nitrogens with zero attached hydrogens (tertiary/aromatic N) is 3. The lowest BCUT2D eigenvalue weighted by Gasteiger charge is -2.31. The van der Waals surface area contributed by atoms with Crippen LogP contribution in [-0.2, 0) is 16.1 Å². The number of rotatable bonds is 3. The Kier molecular flexibility index (Phi) is 3.16. The molecule has 0 amide bonds. The fraction of sp³-hybridized carbons (Fsp3) is 0.667. The molecule has 1 N–H and O–H groups in total. The van der Waals surface area contributed by atoms with E-state index in [0.717, 1.165) is 0 Å². The third-order valence-corrected chi connectivity index (χ3v) is 2.43. The van der Waals surface area contributed by atoms with Gasteiger partial charge >= 0.3 is 5.97 Å². The minimum atomic E-state index is -0.893. The van der Waals surface area contributed by atoms with Crippen LogP contribution in [0.3, 0.4) is 0 Å². The van der Waals surface area contributed by atoms with Crippen molar-refractivity contribution in [3.63, 3.8) is 0 Å². The lowest BCUT2D eigenvalue weighted by Crippen LogP contribution is -2.49. The van der Waals surface area contributed by atoms with Crippen LogP contribution >= 0.6 is 0 Å². The van der Waals surface area contributed by atoms with Gasteiger partial charge in [-0.15, -0.1) is 10.2 Å². The number of morpholine rings is 1. The van der Waals surface area contributed by atoms with Crippen LogP contribution < -0.4 is 0 Å². The Morgan fingerprint density at radius 1 is 1.62 bits per heavy atom. The zero-order chi connectivity index (χ0) is 11.5. The molecule has 7 nitrogen and oxygen atoms in total. The predicted molar refractivity (Wildman–Crippen MR) is 51.7 cm³/mol. The van der Waals surface area contributed by atoms with E-state index in [4.69, 9.17) is 14.3 Å². The van der Waals surface area contributed by atoms with Crippen molar-refractivity contribution in [2.45, 2.75) is 19.5 Å². The Morgan fingerprint density at radius 2 is 2.44 bits per heavy atom. The SMILES string of the molecule is Cc1nnc(CN2CCOCC2C(=O)O)o1. The van der Waals surface area contributed by atoms with Crippen molar-refractivity contribution in [2.75, 3.05) is 19.8 Å². The van der Waals surface area contributed by atoms with Gasteiger partial charge in [-0.3, -0.25) is 9.69 Å². The Morgan fingerprint density at radius 3 is 3.06 bits per heavy atom. The van der Waals surface area contributed by atoms with Gasteiger partial charge in [-0.25, -0.2) is 0 Å². The van der Waals surface area contributed by atoms with E-state index in [1.165, 1.54) is 0 Å². The maximum Gasteiger partial charge on any atom is 0.323 e. The fourth-order valence-electron chi connectivity index (χ4n) is 1.63. The zero-order valence-corrected chi connectivity index (χ0v) is 8.92. The fourth-order valence-corrected chi connectivity index (χ4v) is 1.63. The van der Waals surface area contributed by atoms with Gasteiger partial charge in [-0.1, -0.05) is 0 Å². The second-order valence-corrected chi connectivity index (χ2v) is 3.61. The number of aryl methyl sites for hydroxylation is 1. The van der Waals surface area contributed by atoms with Gasteiger partial charge in [0.15, 0.2) is 0 Å². The Balaban J connectivity index is 2.03. The highest BCUT2D eigenvalue weighted by atomic mass is 16.5. The first-order valence-electron chi connectivity index (χ1n) is 5.00. The quantitative estimate of drug-likeness (QED) is 0.755. The van der Waals surface area contributed by atoms with E-state index in [0.29, 0.717) is 31.5 Å². The number of carboxylic acid groups (broad SMARTS) is 1. The van der Waals surface area contributed by atoms with Gasteiger partial charge in [0.2, 0.25) is 11.8 Å². The number of hydrogen-bond acceptors (Lipinski definition) is 6. The minimum Gasteiger partial charge on any atom is -0.480 e. The van der Waals surface area contributed by atoms with Gasteiger partial charge in [0.25, 0.3) is 0 Å². The van der Waals surface area contributed by atoms with Crippen molar-refractivity contribution >= 4 is 5.97 Å². The van der Waals surface area contributed by atoms with E-state index in [1.807, 2.05) is 0 Å². The van der Waals surface area contributed by atoms with Gasteiger partial charge in [0.05, 0.1) is 19.8 Å². The third-order valence-electron chi connectivity index (χ3n) is 2.43. The zero-order valence-electron chi connectivity index (χ0n) is 8.92. The summed E-state index contributed by atoms with van der Waals surface area (Å²) in [6.07, 6.45) is 0. The van der Waals surface area contributed by atoms with E-state index in [2.05, 4.69) is 10.2 Å². The molecule has 1 aromatic heterocycles. The van der Waals surface area contributed by atoms with Gasteiger partial charge in [-0.2, -0.15) is 0 Å². The van der Waals surface area contributed by atoms with Crippen LogP contribution in [0.2, 0.25) is 0 Å². The van der Waals surface area contributed by atoms with Crippen LogP contribution in [0.4, 0.5) is 0 Å². The molecule has 2 rings (SSSR count). The van der Waals surface area contributed by atoms with Crippen LogP contribution in [0.15, 0.2) is 4.42 Å². The van der Waals surface area contributed by atoms with Crippen molar-refractivity contribution < 1.29 is 19.1 Å². The second kappa shape index (κ2) is 4.58. The molecule has 2 heterocycles. The first-order chi connectivity index (χ1) is 7.66. The summed E-state index contributed by atoms with van der Waals surface area (Å²) in [5, 5.41) is 16.5. The van der Waals surface area contributed by atoms with Crippen molar-refractivity contribution in [3.05, 3.63) is 11.8 Å². The first-order valence-corrected chi connectivity index (χ1v) is 5.00. The molecule has 1 aliphatic heterocycles. The molecule has 1 saturated heterocycles. The molecule has 1 aromatic rings. The summed E-state index contributed by atoms with van der Waals surface area (Å²) in [6.45, 7) is 3.32. The normalized spacial score (nSPS) is 22.2. The Bertz CT molecular complexity index is 379. The average Bonchev–Trinajstić information content (AvgIpc) is 2.64. The maximum absolute atomic E-state index is 11.0. The molecule has 1 aliphatic rings. The molecule has 0 saturated carbocycles. The molecule has 1 fully saturated rings. The molecule has 7 heteroatoms. The van der Waals surface area contributed by atoms with E-state index in [9.17, 15) is 4.79 Å². The monoisotopic (exact) mass is 227 g/mol. The highest BCUT2D eigenvalue weighted by Crippen LogP contribution is 2.11. The lowest BCUT2D eigenvalue weighted by atomic mass is 10.2. The summed E-state index contributed by atoms with van der Waals surface area (Å²) in [5.41, 5.74) is 0. The smallest absolute Gasteiger partial charge is 0.323 e. The number of ether oxygens (including phenoxy) is 1. The summed E-state index contributed by atoms with van der Waals surface area (Å²) >= 11 is 0. The van der Waals surface area contributed by atoms with Gasteiger partial charge in [0, 0.05) is 13.5 Å². The molecule has 88 valence electrons. The van der Waals surface area contributed by atoms with Crippen molar-refractivity contribution in [3.8, 4) is 0 Å².